The fourth-order valence-electron chi connectivity index (χ4n) is 1.42. The van der Waals surface area contributed by atoms with Gasteiger partial charge in [-0.1, -0.05) is 19.4 Å². The molecule has 0 aromatic heterocycles. The normalized spacial score (nSPS) is 17.1. The van der Waals surface area contributed by atoms with Crippen molar-refractivity contribution < 1.29 is 9.90 Å². The molecule has 0 aromatic rings. The largest absolute Gasteiger partial charge is 0.507 e. The van der Waals surface area contributed by atoms with E-state index < -0.39 is 0 Å². The van der Waals surface area contributed by atoms with Crippen LogP contribution in [0.5, 0.6) is 0 Å². The summed E-state index contributed by atoms with van der Waals surface area (Å²) >= 11 is 0. The molecule has 1 aliphatic rings. The summed E-state index contributed by atoms with van der Waals surface area (Å²) in [4.78, 5) is 11.4. The standard InChI is InChI=1S/C10H14O2/c1-5(2)7-9(11)8(6(3)4)10(7)12/h5,11H,1-4H3. The Balaban J connectivity index is 3.13. The van der Waals surface area contributed by atoms with Crippen LogP contribution in [0.2, 0.25) is 0 Å². The zero-order valence-electron chi connectivity index (χ0n) is 7.93. The van der Waals surface area contributed by atoms with Gasteiger partial charge in [0.15, 0.2) is 5.78 Å². The van der Waals surface area contributed by atoms with E-state index in [1.54, 1.807) is 0 Å². The molecule has 0 bridgehead atoms. The molecule has 0 fully saturated rings. The van der Waals surface area contributed by atoms with Crippen LogP contribution < -0.4 is 0 Å². The monoisotopic (exact) mass is 166 g/mol. The summed E-state index contributed by atoms with van der Waals surface area (Å²) < 4.78 is 0. The van der Waals surface area contributed by atoms with Crippen molar-refractivity contribution in [2.45, 2.75) is 27.7 Å². The van der Waals surface area contributed by atoms with Crippen LogP contribution in [-0.4, -0.2) is 10.9 Å². The molecule has 0 amide bonds. The second-order valence-corrected chi connectivity index (χ2v) is 3.62. The molecule has 2 nitrogen and oxygen atoms in total. The Labute approximate surface area is 72.6 Å². The van der Waals surface area contributed by atoms with E-state index in [2.05, 4.69) is 0 Å². The summed E-state index contributed by atoms with van der Waals surface area (Å²) in [6.07, 6.45) is 0. The maximum atomic E-state index is 11.4. The molecule has 12 heavy (non-hydrogen) atoms. The molecule has 66 valence electrons. The lowest BCUT2D eigenvalue weighted by atomic mass is 9.79. The van der Waals surface area contributed by atoms with Gasteiger partial charge in [0.1, 0.15) is 5.76 Å². The molecular formula is C10H14O2. The van der Waals surface area contributed by atoms with Crippen molar-refractivity contribution in [2.75, 3.05) is 0 Å². The number of ketones is 1. The van der Waals surface area contributed by atoms with Crippen LogP contribution in [0.3, 0.4) is 0 Å². The average molecular weight is 166 g/mol. The minimum Gasteiger partial charge on any atom is -0.507 e. The highest BCUT2D eigenvalue weighted by Crippen LogP contribution is 2.34. The molecular weight excluding hydrogens is 152 g/mol. The van der Waals surface area contributed by atoms with Gasteiger partial charge in [-0.2, -0.15) is 0 Å². The molecule has 0 unspecified atom stereocenters. The number of aliphatic hydroxyl groups is 1. The number of aliphatic hydroxyl groups excluding tert-OH is 1. The second kappa shape index (κ2) is 2.77. The SMILES string of the molecule is CC(C)=C1C(=O)C(C(C)C)=C1O. The maximum absolute atomic E-state index is 11.4. The molecule has 1 rings (SSSR count). The van der Waals surface area contributed by atoms with E-state index >= 15 is 0 Å². The van der Waals surface area contributed by atoms with E-state index in [0.29, 0.717) is 11.1 Å². The van der Waals surface area contributed by atoms with Crippen LogP contribution in [0, 0.1) is 5.92 Å². The van der Waals surface area contributed by atoms with Crippen LogP contribution in [0.1, 0.15) is 27.7 Å². The molecule has 0 spiro atoms. The van der Waals surface area contributed by atoms with Gasteiger partial charge in [0.05, 0.1) is 5.57 Å². The molecule has 0 radical (unpaired) electrons. The Morgan fingerprint density at radius 3 is 2.08 bits per heavy atom. The van der Waals surface area contributed by atoms with Crippen molar-refractivity contribution in [3.63, 3.8) is 0 Å². The highest BCUT2D eigenvalue weighted by atomic mass is 16.3. The van der Waals surface area contributed by atoms with Crippen LogP contribution in [-0.2, 0) is 4.79 Å². The van der Waals surface area contributed by atoms with Gasteiger partial charge in [-0.05, 0) is 19.8 Å². The van der Waals surface area contributed by atoms with Gasteiger partial charge in [-0.15, -0.1) is 0 Å². The topological polar surface area (TPSA) is 37.3 Å². The third kappa shape index (κ3) is 1.07. The maximum Gasteiger partial charge on any atom is 0.196 e. The van der Waals surface area contributed by atoms with Crippen molar-refractivity contribution >= 4 is 5.78 Å². The summed E-state index contributed by atoms with van der Waals surface area (Å²) in [5.41, 5.74) is 1.98. The van der Waals surface area contributed by atoms with Gasteiger partial charge in [0, 0.05) is 5.57 Å². The Morgan fingerprint density at radius 1 is 1.33 bits per heavy atom. The van der Waals surface area contributed by atoms with E-state index in [-0.39, 0.29) is 17.5 Å². The summed E-state index contributed by atoms with van der Waals surface area (Å²) in [5.74, 6) is 0.345. The first-order valence-electron chi connectivity index (χ1n) is 4.12. The summed E-state index contributed by atoms with van der Waals surface area (Å²) in [6.45, 7) is 7.48. The number of hydrogen-bond donors (Lipinski definition) is 1. The Hall–Kier alpha value is -1.05. The van der Waals surface area contributed by atoms with Gasteiger partial charge in [-0.25, -0.2) is 0 Å². The van der Waals surface area contributed by atoms with Crippen molar-refractivity contribution in [3.8, 4) is 0 Å². The molecule has 0 heterocycles. The minimum atomic E-state index is 0.0162. The average Bonchev–Trinajstić information content (AvgIpc) is 1.84. The zero-order chi connectivity index (χ0) is 9.46. The van der Waals surface area contributed by atoms with Crippen LogP contribution in [0.4, 0.5) is 0 Å². The number of allylic oxidation sites excluding steroid dienone is 3. The van der Waals surface area contributed by atoms with Crippen molar-refractivity contribution in [1.82, 2.24) is 0 Å². The van der Waals surface area contributed by atoms with E-state index in [1.807, 2.05) is 27.7 Å². The van der Waals surface area contributed by atoms with E-state index in [4.69, 9.17) is 0 Å². The Bertz CT molecular complexity index is 289. The Morgan fingerprint density at radius 2 is 1.83 bits per heavy atom. The third-order valence-corrected chi connectivity index (χ3v) is 2.04. The lowest BCUT2D eigenvalue weighted by Crippen LogP contribution is -2.26. The first kappa shape index (κ1) is 9.04. The molecule has 0 saturated heterocycles. The summed E-state index contributed by atoms with van der Waals surface area (Å²) in [5, 5.41) is 9.48. The van der Waals surface area contributed by atoms with Crippen LogP contribution in [0.25, 0.3) is 0 Å². The van der Waals surface area contributed by atoms with Crippen LogP contribution >= 0.6 is 0 Å². The highest BCUT2D eigenvalue weighted by Gasteiger charge is 2.35. The van der Waals surface area contributed by atoms with Crippen molar-refractivity contribution in [3.05, 3.63) is 22.5 Å². The van der Waals surface area contributed by atoms with E-state index in [1.165, 1.54) is 0 Å². The molecule has 1 N–H and O–H groups in total. The predicted octanol–water partition coefficient (Wildman–Crippen LogP) is 2.37. The Kier molecular flexibility index (Phi) is 2.09. The number of Topliss-reactive ketones (excluding diaryl/α,β-unsaturated/α-hetero) is 1. The number of hydrogen-bond acceptors (Lipinski definition) is 2. The fraction of sp³-hybridized carbons (Fsp3) is 0.500. The number of rotatable bonds is 1. The predicted molar refractivity (Wildman–Crippen MR) is 47.9 cm³/mol. The molecule has 1 aliphatic carbocycles. The molecule has 0 atom stereocenters. The fourth-order valence-corrected chi connectivity index (χ4v) is 1.42. The minimum absolute atomic E-state index is 0.0162. The van der Waals surface area contributed by atoms with Crippen molar-refractivity contribution in [1.29, 1.82) is 0 Å². The van der Waals surface area contributed by atoms with E-state index in [9.17, 15) is 9.90 Å². The number of carbonyl (C=O) groups excluding carboxylic acids is 1. The molecule has 2 heteroatoms. The smallest absolute Gasteiger partial charge is 0.196 e. The van der Waals surface area contributed by atoms with Crippen LogP contribution in [0.15, 0.2) is 22.5 Å². The van der Waals surface area contributed by atoms with Crippen molar-refractivity contribution in [2.24, 2.45) is 5.92 Å². The second-order valence-electron chi connectivity index (χ2n) is 3.62. The lowest BCUT2D eigenvalue weighted by molar-refractivity contribution is -0.114. The van der Waals surface area contributed by atoms with Gasteiger partial charge < -0.3 is 5.11 Å². The van der Waals surface area contributed by atoms with Gasteiger partial charge in [0.2, 0.25) is 0 Å². The third-order valence-electron chi connectivity index (χ3n) is 2.04. The van der Waals surface area contributed by atoms with Gasteiger partial charge in [-0.3, -0.25) is 4.79 Å². The summed E-state index contributed by atoms with van der Waals surface area (Å²) in [6, 6.07) is 0. The van der Waals surface area contributed by atoms with Gasteiger partial charge >= 0.3 is 0 Å². The number of carbonyl (C=O) groups is 1. The zero-order valence-corrected chi connectivity index (χ0v) is 7.93. The first-order valence-corrected chi connectivity index (χ1v) is 4.12. The lowest BCUT2D eigenvalue weighted by Gasteiger charge is -2.24. The molecule has 0 saturated carbocycles. The molecule has 0 aliphatic heterocycles. The summed E-state index contributed by atoms with van der Waals surface area (Å²) in [7, 11) is 0. The van der Waals surface area contributed by atoms with Gasteiger partial charge in [0.25, 0.3) is 0 Å². The molecule has 0 aromatic carbocycles. The quantitative estimate of drug-likeness (QED) is 0.607. The van der Waals surface area contributed by atoms with E-state index in [0.717, 1.165) is 5.57 Å². The first-order chi connectivity index (χ1) is 5.46. The highest BCUT2D eigenvalue weighted by molar-refractivity contribution is 6.19.